The molecule has 1 unspecified atom stereocenters. The summed E-state index contributed by atoms with van der Waals surface area (Å²) in [6.45, 7) is 4.12. The zero-order valence-electron chi connectivity index (χ0n) is 8.55. The van der Waals surface area contributed by atoms with Gasteiger partial charge in [0.2, 0.25) is 5.91 Å². The Morgan fingerprint density at radius 3 is 2.38 bits per heavy atom. The van der Waals surface area contributed by atoms with Gasteiger partial charge in [0.15, 0.2) is 0 Å². The van der Waals surface area contributed by atoms with Gasteiger partial charge in [0.05, 0.1) is 0 Å². The van der Waals surface area contributed by atoms with E-state index in [1.54, 1.807) is 14.0 Å². The molecule has 0 saturated heterocycles. The third kappa shape index (κ3) is 3.78. The smallest absolute Gasteiger partial charge is 0.317 e. The van der Waals surface area contributed by atoms with Gasteiger partial charge in [0.25, 0.3) is 0 Å². The minimum Gasteiger partial charge on any atom is -0.357 e. The van der Waals surface area contributed by atoms with Crippen LogP contribution in [0.25, 0.3) is 0 Å². The lowest BCUT2D eigenvalue weighted by Crippen LogP contribution is -2.48. The number of carbonyl (C=O) groups excluding carboxylic acids is 2. The van der Waals surface area contributed by atoms with Gasteiger partial charge in [0, 0.05) is 20.6 Å². The minimum absolute atomic E-state index is 0.196. The van der Waals surface area contributed by atoms with Gasteiger partial charge in [-0.25, -0.2) is 4.79 Å². The van der Waals surface area contributed by atoms with Crippen molar-refractivity contribution in [2.45, 2.75) is 19.9 Å². The van der Waals surface area contributed by atoms with Crippen molar-refractivity contribution in [3.63, 3.8) is 0 Å². The molecule has 0 heterocycles. The summed E-state index contributed by atoms with van der Waals surface area (Å²) in [6, 6.07) is -0.731. The summed E-state index contributed by atoms with van der Waals surface area (Å²) >= 11 is 0. The van der Waals surface area contributed by atoms with Crippen LogP contribution in [-0.2, 0) is 4.79 Å². The van der Waals surface area contributed by atoms with E-state index in [4.69, 9.17) is 0 Å². The van der Waals surface area contributed by atoms with Crippen molar-refractivity contribution in [3.05, 3.63) is 0 Å². The van der Waals surface area contributed by atoms with Gasteiger partial charge >= 0.3 is 6.03 Å². The first kappa shape index (κ1) is 11.7. The van der Waals surface area contributed by atoms with Crippen LogP contribution in [0.4, 0.5) is 4.79 Å². The van der Waals surface area contributed by atoms with Crippen LogP contribution in [0.5, 0.6) is 0 Å². The van der Waals surface area contributed by atoms with Crippen LogP contribution in [0.3, 0.4) is 0 Å². The van der Waals surface area contributed by atoms with Gasteiger partial charge in [-0.1, -0.05) is 0 Å². The van der Waals surface area contributed by atoms with Crippen molar-refractivity contribution in [1.82, 2.24) is 15.5 Å². The normalized spacial score (nSPS) is 11.7. The van der Waals surface area contributed by atoms with E-state index in [2.05, 4.69) is 10.6 Å². The average Bonchev–Trinajstić information content (AvgIpc) is 2.14. The summed E-state index contributed by atoms with van der Waals surface area (Å²) in [5.74, 6) is -0.196. The fourth-order valence-electron chi connectivity index (χ4n) is 0.721. The summed E-state index contributed by atoms with van der Waals surface area (Å²) in [4.78, 5) is 23.8. The number of likely N-dealkylation sites (N-methyl/N-ethyl adjacent to an activating group) is 1. The summed E-state index contributed by atoms with van der Waals surface area (Å²) in [6.07, 6.45) is 0. The molecule has 0 aliphatic carbocycles. The first-order chi connectivity index (χ1) is 6.02. The number of nitrogens with one attached hydrogen (secondary N) is 2. The molecule has 3 amide bonds. The Morgan fingerprint density at radius 1 is 1.46 bits per heavy atom. The SMILES string of the molecule is CCN(C)C(=O)NC(C)C(=O)NC. The third-order valence-electron chi connectivity index (χ3n) is 1.80. The van der Waals surface area contributed by atoms with E-state index in [-0.39, 0.29) is 11.9 Å². The number of rotatable bonds is 3. The molecule has 0 bridgehead atoms. The molecule has 0 rings (SSSR count). The summed E-state index contributed by atoms with van der Waals surface area (Å²) in [5.41, 5.74) is 0. The van der Waals surface area contributed by atoms with E-state index >= 15 is 0 Å². The van der Waals surface area contributed by atoms with Crippen LogP contribution in [0, 0.1) is 0 Å². The molecule has 0 aliphatic rings. The van der Waals surface area contributed by atoms with Gasteiger partial charge < -0.3 is 15.5 Å². The highest BCUT2D eigenvalue weighted by Gasteiger charge is 2.15. The number of amides is 3. The fraction of sp³-hybridized carbons (Fsp3) is 0.750. The van der Waals surface area contributed by atoms with Crippen LogP contribution in [0.2, 0.25) is 0 Å². The van der Waals surface area contributed by atoms with Crippen molar-refractivity contribution in [2.75, 3.05) is 20.6 Å². The van der Waals surface area contributed by atoms with Crippen molar-refractivity contribution < 1.29 is 9.59 Å². The highest BCUT2D eigenvalue weighted by atomic mass is 16.2. The van der Waals surface area contributed by atoms with Gasteiger partial charge in [-0.15, -0.1) is 0 Å². The molecule has 2 N–H and O–H groups in total. The molecule has 0 radical (unpaired) electrons. The van der Waals surface area contributed by atoms with E-state index in [9.17, 15) is 9.59 Å². The molecular formula is C8H17N3O2. The second-order valence-electron chi connectivity index (χ2n) is 2.80. The zero-order chi connectivity index (χ0) is 10.4. The second kappa shape index (κ2) is 5.40. The summed E-state index contributed by atoms with van der Waals surface area (Å²) < 4.78 is 0. The predicted molar refractivity (Wildman–Crippen MR) is 50.4 cm³/mol. The largest absolute Gasteiger partial charge is 0.357 e. The van der Waals surface area contributed by atoms with Crippen LogP contribution in [-0.4, -0.2) is 43.5 Å². The lowest BCUT2D eigenvalue weighted by molar-refractivity contribution is -0.122. The molecule has 0 spiro atoms. The van der Waals surface area contributed by atoms with E-state index in [1.807, 2.05) is 6.92 Å². The molecular weight excluding hydrogens is 170 g/mol. The summed E-state index contributed by atoms with van der Waals surface area (Å²) in [5, 5.41) is 5.01. The highest BCUT2D eigenvalue weighted by Crippen LogP contribution is 1.87. The Morgan fingerprint density at radius 2 is 2.00 bits per heavy atom. The van der Waals surface area contributed by atoms with Crippen LogP contribution in [0.1, 0.15) is 13.8 Å². The lowest BCUT2D eigenvalue weighted by atomic mass is 10.3. The van der Waals surface area contributed by atoms with Gasteiger partial charge in [-0.3, -0.25) is 4.79 Å². The standard InChI is InChI=1S/C8H17N3O2/c1-5-11(4)8(13)10-6(2)7(12)9-3/h6H,5H2,1-4H3,(H,9,12)(H,10,13). The monoisotopic (exact) mass is 187 g/mol. The minimum atomic E-state index is -0.494. The van der Waals surface area contributed by atoms with Crippen molar-refractivity contribution in [3.8, 4) is 0 Å². The number of nitrogens with zero attached hydrogens (tertiary/aromatic N) is 1. The molecule has 13 heavy (non-hydrogen) atoms. The second-order valence-corrected chi connectivity index (χ2v) is 2.80. The third-order valence-corrected chi connectivity index (χ3v) is 1.80. The maximum Gasteiger partial charge on any atom is 0.317 e. The Balaban J connectivity index is 3.98. The number of hydrogen-bond donors (Lipinski definition) is 2. The summed E-state index contributed by atoms with van der Waals surface area (Å²) in [7, 11) is 3.21. The van der Waals surface area contributed by atoms with E-state index in [1.165, 1.54) is 11.9 Å². The molecule has 5 heteroatoms. The molecule has 0 aromatic rings. The molecule has 0 saturated carbocycles. The molecule has 5 nitrogen and oxygen atoms in total. The molecule has 0 fully saturated rings. The van der Waals surface area contributed by atoms with Gasteiger partial charge in [0.1, 0.15) is 6.04 Å². The van der Waals surface area contributed by atoms with E-state index in [0.29, 0.717) is 6.54 Å². The van der Waals surface area contributed by atoms with Gasteiger partial charge in [-0.05, 0) is 13.8 Å². The maximum absolute atomic E-state index is 11.2. The molecule has 0 aliphatic heterocycles. The quantitative estimate of drug-likeness (QED) is 0.641. The topological polar surface area (TPSA) is 61.4 Å². The average molecular weight is 187 g/mol. The molecule has 1 atom stereocenters. The molecule has 0 aromatic carbocycles. The highest BCUT2D eigenvalue weighted by molar-refractivity contribution is 5.86. The number of urea groups is 1. The van der Waals surface area contributed by atoms with Crippen LogP contribution < -0.4 is 10.6 Å². The first-order valence-electron chi connectivity index (χ1n) is 4.26. The maximum atomic E-state index is 11.2. The van der Waals surface area contributed by atoms with Crippen molar-refractivity contribution in [1.29, 1.82) is 0 Å². The Hall–Kier alpha value is -1.26. The first-order valence-corrected chi connectivity index (χ1v) is 4.26. The Kier molecular flexibility index (Phi) is 4.87. The fourth-order valence-corrected chi connectivity index (χ4v) is 0.721. The van der Waals surface area contributed by atoms with Gasteiger partial charge in [-0.2, -0.15) is 0 Å². The van der Waals surface area contributed by atoms with Crippen molar-refractivity contribution >= 4 is 11.9 Å². The number of hydrogen-bond acceptors (Lipinski definition) is 2. The van der Waals surface area contributed by atoms with Crippen LogP contribution in [0.15, 0.2) is 0 Å². The van der Waals surface area contributed by atoms with E-state index in [0.717, 1.165) is 0 Å². The van der Waals surface area contributed by atoms with Crippen LogP contribution >= 0.6 is 0 Å². The Labute approximate surface area is 78.5 Å². The Bertz CT molecular complexity index is 194. The molecule has 76 valence electrons. The van der Waals surface area contributed by atoms with Crippen molar-refractivity contribution in [2.24, 2.45) is 0 Å². The zero-order valence-corrected chi connectivity index (χ0v) is 8.55. The predicted octanol–water partition coefficient (Wildman–Crippen LogP) is -0.218. The number of carbonyl (C=O) groups is 2. The molecule has 0 aromatic heterocycles. The van der Waals surface area contributed by atoms with E-state index < -0.39 is 6.04 Å². The lowest BCUT2D eigenvalue weighted by Gasteiger charge is -2.18.